The second-order valence-corrected chi connectivity index (χ2v) is 32.9. The summed E-state index contributed by atoms with van der Waals surface area (Å²) in [6.45, 7) is 13.8. The van der Waals surface area contributed by atoms with E-state index in [-0.39, 0.29) is 85.3 Å². The van der Waals surface area contributed by atoms with E-state index in [1.807, 2.05) is 82.3 Å². The van der Waals surface area contributed by atoms with Crippen molar-refractivity contribution in [1.82, 2.24) is 21.3 Å². The highest BCUT2D eigenvalue weighted by Gasteiger charge is 2.41. The molecule has 0 radical (unpaired) electrons. The van der Waals surface area contributed by atoms with E-state index in [1.165, 1.54) is 0 Å². The number of alkyl halides is 14. The summed E-state index contributed by atoms with van der Waals surface area (Å²) in [5.41, 5.74) is 13.7. The summed E-state index contributed by atoms with van der Waals surface area (Å²) in [5, 5.41) is 92.5. The SMILES string of the molecule is C.C.C.C#CC(O)(CCC)CCC.CCCC(O)(C#Cc1cccc([C@H](O)CCN)c1)CCC.CPC.ClCCl.NCC[C@@H](O)c1ccccc1.O=C(CCNC(=O)C(F)(F)F)c1cccc(Br)c1.O=C(NCCC(O)c1cccc(Br)c1)C(F)(F)F.O=C(NCC[C@@H](O)c1cccc(Br)c1)C(F)(F)F.O=C(NCC[C@@H](O)c1ccccc1)C(F)(F)F.OC1CCCO1.OC1CCCO1. The summed E-state index contributed by atoms with van der Waals surface area (Å²) in [6.07, 6.45) is -7.77. The minimum atomic E-state index is -4.92. The largest absolute Gasteiger partial charge is 0.471 e. The molecule has 0 spiro atoms. The van der Waals surface area contributed by atoms with Crippen LogP contribution in [0, 0.1) is 24.2 Å². The number of Topliss-reactive ketones (excluding diaryl/α,β-unsaturated/α-hetero) is 1. The number of amides is 4. The Morgan fingerprint density at radius 2 is 0.739 bits per heavy atom. The third kappa shape index (κ3) is 69.8. The van der Waals surface area contributed by atoms with Crippen LogP contribution in [-0.4, -0.2) is 195 Å². The second kappa shape index (κ2) is 78.9. The van der Waals surface area contributed by atoms with Gasteiger partial charge in [-0.2, -0.15) is 52.7 Å². The van der Waals surface area contributed by atoms with Gasteiger partial charge in [-0.05, 0) is 173 Å². The average molecular weight is 2180 g/mol. The molecule has 2 aliphatic heterocycles. The van der Waals surface area contributed by atoms with Crippen LogP contribution >= 0.6 is 79.6 Å². The van der Waals surface area contributed by atoms with Gasteiger partial charge in [0.1, 0.15) is 11.2 Å². The lowest BCUT2D eigenvalue weighted by molar-refractivity contribution is -0.173. The fraction of sp³-hybridized carbons (Fsp3) is 0.521. The van der Waals surface area contributed by atoms with Crippen molar-refractivity contribution in [3.8, 4) is 24.2 Å². The van der Waals surface area contributed by atoms with Crippen molar-refractivity contribution in [3.05, 3.63) is 210 Å². The van der Waals surface area contributed by atoms with Crippen molar-refractivity contribution < 1.29 is 132 Å². The number of hydrogen-bond acceptors (Lipinski definition) is 18. The summed E-state index contributed by atoms with van der Waals surface area (Å²) in [5.74, 6) is 0.145. The molecule has 2 saturated heterocycles. The van der Waals surface area contributed by atoms with Crippen LogP contribution in [0.15, 0.2) is 171 Å². The zero-order valence-corrected chi connectivity index (χ0v) is 81.0. The molecule has 3 unspecified atom stereocenters. The first-order valence-corrected chi connectivity index (χ1v) is 46.9. The molecule has 40 heteroatoms. The first-order chi connectivity index (χ1) is 61.5. The number of hydrogen-bond donors (Lipinski definition) is 15. The molecule has 6 aromatic rings. The molecule has 762 valence electrons. The van der Waals surface area contributed by atoms with Gasteiger partial charge in [0.25, 0.3) is 0 Å². The van der Waals surface area contributed by atoms with Crippen LogP contribution in [0.3, 0.4) is 0 Å². The summed E-state index contributed by atoms with van der Waals surface area (Å²) < 4.78 is 154. The quantitative estimate of drug-likeness (QED) is 0.00655. The fourth-order valence-corrected chi connectivity index (χ4v) is 11.9. The van der Waals surface area contributed by atoms with Crippen LogP contribution in [0.25, 0.3) is 0 Å². The smallest absolute Gasteiger partial charge is 0.388 e. The van der Waals surface area contributed by atoms with Gasteiger partial charge in [0.2, 0.25) is 0 Å². The normalized spacial score (nSPS) is 13.9. The zero-order chi connectivity index (χ0) is 100. The lowest BCUT2D eigenvalue weighted by Gasteiger charge is -2.20. The van der Waals surface area contributed by atoms with Crippen LogP contribution < -0.4 is 32.7 Å². The van der Waals surface area contributed by atoms with Crippen molar-refractivity contribution in [3.63, 3.8) is 0 Å². The number of aliphatic hydroxyl groups is 9. The molecule has 8 rings (SSSR count). The molecule has 4 amide bonds. The highest BCUT2D eigenvalue weighted by molar-refractivity contribution is 9.11. The molecule has 2 fully saturated rings. The molecular formula is C94H136Br3Cl2F12N6O16P. The maximum atomic E-state index is 11.9. The van der Waals surface area contributed by atoms with Gasteiger partial charge < -0.3 is 88.2 Å². The number of terminal acetylenes is 1. The van der Waals surface area contributed by atoms with Crippen LogP contribution in [0.5, 0.6) is 0 Å². The highest BCUT2D eigenvalue weighted by Crippen LogP contribution is 2.27. The van der Waals surface area contributed by atoms with Crippen molar-refractivity contribution >= 4 is 109 Å². The third-order valence-electron chi connectivity index (χ3n) is 17.1. The Balaban J connectivity index is -0.000000347. The minimum Gasteiger partial charge on any atom is -0.388 e. The summed E-state index contributed by atoms with van der Waals surface area (Å²) in [7, 11) is 1.08. The summed E-state index contributed by atoms with van der Waals surface area (Å²) >= 11 is 19.1. The molecule has 22 nitrogen and oxygen atoms in total. The minimum absolute atomic E-state index is 0. The number of carbonyl (C=O) groups excluding carboxylic acids is 5. The van der Waals surface area contributed by atoms with Gasteiger partial charge in [0, 0.05) is 83.2 Å². The molecule has 0 bridgehead atoms. The molecular weight excluding hydrogens is 2040 g/mol. The number of rotatable bonds is 30. The molecule has 2 heterocycles. The van der Waals surface area contributed by atoms with E-state index in [0.29, 0.717) is 65.5 Å². The maximum absolute atomic E-state index is 11.9. The van der Waals surface area contributed by atoms with Gasteiger partial charge >= 0.3 is 48.3 Å². The Hall–Kier alpha value is -6.92. The molecule has 134 heavy (non-hydrogen) atoms. The van der Waals surface area contributed by atoms with Crippen molar-refractivity contribution in [2.24, 2.45) is 11.5 Å². The van der Waals surface area contributed by atoms with Crippen molar-refractivity contribution in [2.75, 3.05) is 71.2 Å². The third-order valence-corrected chi connectivity index (χ3v) is 18.6. The Morgan fingerprint density at radius 3 is 1.02 bits per heavy atom. The molecule has 0 saturated carbocycles. The predicted molar refractivity (Wildman–Crippen MR) is 518 cm³/mol. The van der Waals surface area contributed by atoms with E-state index in [1.54, 1.807) is 124 Å². The number of nitrogens with two attached hydrogens (primary N) is 2. The number of benzene rings is 6. The zero-order valence-electron chi connectivity index (χ0n) is 73.7. The summed E-state index contributed by atoms with van der Waals surface area (Å²) in [6, 6.07) is 45.6. The van der Waals surface area contributed by atoms with Crippen LogP contribution in [-0.2, 0) is 28.7 Å². The van der Waals surface area contributed by atoms with Gasteiger partial charge in [-0.25, -0.2) is 0 Å². The number of aliphatic hydroxyl groups excluding tert-OH is 7. The molecule has 0 aliphatic carbocycles. The Bertz CT molecular complexity index is 4060. The second-order valence-electron chi connectivity index (χ2n) is 28.3. The van der Waals surface area contributed by atoms with Gasteiger partial charge in [-0.15, -0.1) is 38.2 Å². The maximum Gasteiger partial charge on any atom is 0.471 e. The van der Waals surface area contributed by atoms with E-state index < -0.39 is 103 Å². The molecule has 6 aromatic carbocycles. The number of ketones is 1. The van der Waals surface area contributed by atoms with E-state index in [2.05, 4.69) is 78.9 Å². The molecule has 17 N–H and O–H groups in total. The number of ether oxygens (including phenoxy) is 2. The fourth-order valence-electron chi connectivity index (χ4n) is 10.7. The van der Waals surface area contributed by atoms with Gasteiger partial charge in [-0.3, -0.25) is 24.0 Å². The molecule has 7 atom stereocenters. The lowest BCUT2D eigenvalue weighted by atomic mass is 9.93. The van der Waals surface area contributed by atoms with E-state index >= 15 is 0 Å². The molecule has 2 aliphatic rings. The Labute approximate surface area is 818 Å². The van der Waals surface area contributed by atoms with Gasteiger partial charge in [0.15, 0.2) is 18.4 Å². The van der Waals surface area contributed by atoms with Crippen LogP contribution in [0.4, 0.5) is 52.7 Å². The monoisotopic (exact) mass is 2170 g/mol. The van der Waals surface area contributed by atoms with Gasteiger partial charge in [-0.1, -0.05) is 250 Å². The summed E-state index contributed by atoms with van der Waals surface area (Å²) in [4.78, 5) is 53.5. The van der Waals surface area contributed by atoms with E-state index in [9.17, 15) is 112 Å². The topological polar surface area (TPSA) is 386 Å². The van der Waals surface area contributed by atoms with Gasteiger partial charge in [0.05, 0.1) is 35.9 Å². The first kappa shape index (κ1) is 138. The lowest BCUT2D eigenvalue weighted by Crippen LogP contribution is -2.37. The van der Waals surface area contributed by atoms with Crippen LogP contribution in [0.2, 0.25) is 0 Å². The predicted octanol–water partition coefficient (Wildman–Crippen LogP) is 19.8. The van der Waals surface area contributed by atoms with Crippen molar-refractivity contribution in [1.29, 1.82) is 0 Å². The number of halogens is 17. The first-order valence-electron chi connectivity index (χ1n) is 41.5. The highest BCUT2D eigenvalue weighted by atomic mass is 79.9. The standard InChI is InChI=1S/C18H27NO2.2C11H11BrF3NO2.C11H9BrF3NO2.C11H12F3NO2.C9H13NO.C9H16O.2C4H8O2.C2H7P.CH2Cl2.3CH4/c1-3-10-18(21,11-4-2)12-8-15-6-5-7-16(14-15)17(20)9-13-19;3*12-8-3-1-2-7(6-8)9(17)4-5-16-10(18)11(13,14)15;12-11(13,14)10(17)15-7-6-9(16)8-4-2-1-3-5-8;10-7-6-9(11)8-4-2-1-3-5-8;1-4-7-9(10,6-3)8-5-2;2*5-4-2-1-3-6-4;1-3-2;2-1-3;;;/h5-7,14,17,20-21H,3-4,9-11,13,19H2,1-2H3;2*1-3,6,9,17H,4-5H2,(H,16,18);1-3,6H,4-5H2,(H,16,18);1-5,9,16H,6-7H2,(H,15,17);1-5,9,11H,6-7,10H2;3,10H,4-5,7-8H2,1-2H3;2*4-5H,1-3H2;3H,1-2H3;1H2;3*1H4/t17-;9-;;;2*9-;;;;;;;;/m11..11......../s1. The number of carbonyl (C=O) groups is 5. The molecule has 0 aromatic heterocycles. The number of nitrogens with one attached hydrogen (secondary N) is 4. The van der Waals surface area contributed by atoms with E-state index in [0.717, 1.165) is 112 Å². The Morgan fingerprint density at radius 1 is 0.455 bits per heavy atom. The van der Waals surface area contributed by atoms with Crippen LogP contribution in [0.1, 0.15) is 240 Å². The Kier molecular flexibility index (Phi) is 81.2. The van der Waals surface area contributed by atoms with Crippen molar-refractivity contribution in [2.45, 2.75) is 245 Å². The average Bonchev–Trinajstić information content (AvgIpc) is 0.887. The van der Waals surface area contributed by atoms with E-state index in [4.69, 9.17) is 60.8 Å².